The molecule has 0 radical (unpaired) electrons. The second-order valence-electron chi connectivity index (χ2n) is 6.03. The lowest BCUT2D eigenvalue weighted by molar-refractivity contribution is -0.138. The highest BCUT2D eigenvalue weighted by atomic mass is 35.5. The van der Waals surface area contributed by atoms with Crippen molar-refractivity contribution in [3.8, 4) is 5.75 Å². The molecule has 0 spiro atoms. The quantitative estimate of drug-likeness (QED) is 0.879. The number of phenolic OH excluding ortho intramolecular Hbond substituents is 1. The van der Waals surface area contributed by atoms with Crippen molar-refractivity contribution in [3.63, 3.8) is 0 Å². The molecule has 22 heavy (non-hydrogen) atoms. The molecule has 1 aliphatic rings. The van der Waals surface area contributed by atoms with Crippen LogP contribution in [0.3, 0.4) is 0 Å². The smallest absolute Gasteiger partial charge is 0.303 e. The molecule has 1 aromatic carbocycles. The maximum absolute atomic E-state index is 10.9. The third kappa shape index (κ3) is 2.56. The van der Waals surface area contributed by atoms with E-state index in [4.69, 9.17) is 21.1 Å². The van der Waals surface area contributed by atoms with Crippen LogP contribution in [0.2, 0.25) is 5.02 Å². The summed E-state index contributed by atoms with van der Waals surface area (Å²) in [4.78, 5) is 10.9. The predicted octanol–water partition coefficient (Wildman–Crippen LogP) is 4.32. The topological polar surface area (TPSA) is 70.7 Å². The normalized spacial score (nSPS) is 17.6. The molecule has 2 aromatic rings. The maximum atomic E-state index is 10.9. The van der Waals surface area contributed by atoms with Crippen molar-refractivity contribution in [2.24, 2.45) is 5.92 Å². The Hall–Kier alpha value is -1.68. The molecule has 0 amide bonds. The minimum absolute atomic E-state index is 0.0848. The number of aromatic hydroxyl groups is 1. The lowest BCUT2D eigenvalue weighted by atomic mass is 9.85. The Morgan fingerprint density at radius 2 is 2.27 bits per heavy atom. The van der Waals surface area contributed by atoms with E-state index in [1.807, 2.05) is 0 Å². The number of carboxylic acids is 1. The SMILES string of the molecule is CCCc1cc(Cl)c2oc3c(c2c1O)CC[C@@H](CC(=O)O)C3. The van der Waals surface area contributed by atoms with Gasteiger partial charge in [0.05, 0.1) is 10.4 Å². The van der Waals surface area contributed by atoms with Gasteiger partial charge in [-0.3, -0.25) is 4.79 Å². The van der Waals surface area contributed by atoms with Gasteiger partial charge in [-0.2, -0.15) is 0 Å². The monoisotopic (exact) mass is 322 g/mol. The van der Waals surface area contributed by atoms with Crippen molar-refractivity contribution in [3.05, 3.63) is 28.0 Å². The van der Waals surface area contributed by atoms with E-state index in [9.17, 15) is 9.90 Å². The van der Waals surface area contributed by atoms with Crippen molar-refractivity contribution in [1.29, 1.82) is 0 Å². The van der Waals surface area contributed by atoms with Crippen molar-refractivity contribution in [1.82, 2.24) is 0 Å². The van der Waals surface area contributed by atoms with Gasteiger partial charge in [0.15, 0.2) is 5.58 Å². The molecular formula is C17H19ClO4. The molecule has 1 aliphatic carbocycles. The van der Waals surface area contributed by atoms with Crippen LogP contribution < -0.4 is 0 Å². The van der Waals surface area contributed by atoms with Gasteiger partial charge in [0.1, 0.15) is 11.5 Å². The fourth-order valence-electron chi connectivity index (χ4n) is 3.40. The van der Waals surface area contributed by atoms with Crippen LogP contribution in [0.25, 0.3) is 11.0 Å². The molecule has 118 valence electrons. The molecule has 1 aromatic heterocycles. The van der Waals surface area contributed by atoms with Gasteiger partial charge in [0.25, 0.3) is 0 Å². The van der Waals surface area contributed by atoms with E-state index >= 15 is 0 Å². The highest BCUT2D eigenvalue weighted by molar-refractivity contribution is 6.35. The molecule has 2 N–H and O–H groups in total. The van der Waals surface area contributed by atoms with E-state index in [-0.39, 0.29) is 18.1 Å². The average molecular weight is 323 g/mol. The summed E-state index contributed by atoms with van der Waals surface area (Å²) in [6.07, 6.45) is 3.95. The average Bonchev–Trinajstić information content (AvgIpc) is 2.83. The highest BCUT2D eigenvalue weighted by Gasteiger charge is 2.28. The number of benzene rings is 1. The number of halogens is 1. The first-order chi connectivity index (χ1) is 10.5. The molecule has 0 aliphatic heterocycles. The summed E-state index contributed by atoms with van der Waals surface area (Å²) in [5.41, 5.74) is 2.37. The van der Waals surface area contributed by atoms with Crippen molar-refractivity contribution >= 4 is 28.5 Å². The van der Waals surface area contributed by atoms with E-state index in [0.29, 0.717) is 17.0 Å². The number of phenols is 1. The molecule has 0 unspecified atom stereocenters. The Morgan fingerprint density at radius 1 is 1.50 bits per heavy atom. The number of carboxylic acid groups (broad SMARTS) is 1. The number of aliphatic carboxylic acids is 1. The standard InChI is InChI=1S/C17H19ClO4/c1-2-3-10-8-12(18)17-15(16(10)21)11-5-4-9(7-14(19)20)6-13(11)22-17/h8-9,21H,2-7H2,1H3,(H,19,20)/t9-/m1/s1. The molecule has 5 heteroatoms. The van der Waals surface area contributed by atoms with Crippen LogP contribution in [0.15, 0.2) is 10.5 Å². The van der Waals surface area contributed by atoms with Gasteiger partial charge >= 0.3 is 5.97 Å². The second kappa shape index (κ2) is 5.84. The number of hydrogen-bond donors (Lipinski definition) is 2. The van der Waals surface area contributed by atoms with Gasteiger partial charge in [-0.15, -0.1) is 0 Å². The lowest BCUT2D eigenvalue weighted by Gasteiger charge is -2.19. The summed E-state index contributed by atoms with van der Waals surface area (Å²) in [5, 5.41) is 20.7. The Labute approximate surface area is 133 Å². The molecule has 0 bridgehead atoms. The Balaban J connectivity index is 2.07. The van der Waals surface area contributed by atoms with Gasteiger partial charge in [-0.25, -0.2) is 0 Å². The zero-order chi connectivity index (χ0) is 15.9. The van der Waals surface area contributed by atoms with Gasteiger partial charge in [0.2, 0.25) is 0 Å². The number of furan rings is 1. The molecule has 0 saturated carbocycles. The first kappa shape index (κ1) is 15.2. The third-order valence-corrected chi connectivity index (χ3v) is 4.69. The van der Waals surface area contributed by atoms with E-state index in [2.05, 4.69) is 6.92 Å². The zero-order valence-corrected chi connectivity index (χ0v) is 13.2. The first-order valence-electron chi connectivity index (χ1n) is 7.67. The van der Waals surface area contributed by atoms with Crippen molar-refractivity contribution < 1.29 is 19.4 Å². The molecule has 4 nitrogen and oxygen atoms in total. The number of hydrogen-bond acceptors (Lipinski definition) is 3. The number of carbonyl (C=O) groups is 1. The molecule has 3 rings (SSSR count). The zero-order valence-electron chi connectivity index (χ0n) is 12.5. The van der Waals surface area contributed by atoms with E-state index in [1.54, 1.807) is 6.07 Å². The molecular weight excluding hydrogens is 304 g/mol. The summed E-state index contributed by atoms with van der Waals surface area (Å²) >= 11 is 6.31. The van der Waals surface area contributed by atoms with Crippen LogP contribution >= 0.6 is 11.6 Å². The minimum Gasteiger partial charge on any atom is -0.507 e. The Morgan fingerprint density at radius 3 is 2.95 bits per heavy atom. The van der Waals surface area contributed by atoms with Crippen LogP contribution in [-0.2, 0) is 24.1 Å². The van der Waals surface area contributed by atoms with Gasteiger partial charge < -0.3 is 14.6 Å². The maximum Gasteiger partial charge on any atom is 0.303 e. The number of aryl methyl sites for hydroxylation is 2. The second-order valence-corrected chi connectivity index (χ2v) is 6.44. The lowest BCUT2D eigenvalue weighted by Crippen LogP contribution is -2.16. The van der Waals surface area contributed by atoms with E-state index in [1.165, 1.54) is 0 Å². The minimum atomic E-state index is -0.782. The van der Waals surface area contributed by atoms with E-state index in [0.717, 1.165) is 48.0 Å². The van der Waals surface area contributed by atoms with Crippen molar-refractivity contribution in [2.75, 3.05) is 0 Å². The van der Waals surface area contributed by atoms with Crippen molar-refractivity contribution in [2.45, 2.75) is 45.4 Å². The van der Waals surface area contributed by atoms with Gasteiger partial charge in [-0.05, 0) is 36.8 Å². The van der Waals surface area contributed by atoms with Crippen LogP contribution in [0.1, 0.15) is 43.1 Å². The molecule has 0 saturated heterocycles. The molecule has 1 atom stereocenters. The number of rotatable bonds is 4. The van der Waals surface area contributed by atoms with Crippen LogP contribution in [0, 0.1) is 5.92 Å². The summed E-state index contributed by atoms with van der Waals surface area (Å²) < 4.78 is 5.86. The largest absolute Gasteiger partial charge is 0.507 e. The van der Waals surface area contributed by atoms with E-state index < -0.39 is 5.97 Å². The Bertz CT molecular complexity index is 732. The summed E-state index contributed by atoms with van der Waals surface area (Å²) in [6.45, 7) is 2.05. The summed E-state index contributed by atoms with van der Waals surface area (Å²) in [7, 11) is 0. The predicted molar refractivity (Wildman–Crippen MR) is 84.7 cm³/mol. The third-order valence-electron chi connectivity index (χ3n) is 4.41. The fraction of sp³-hybridized carbons (Fsp3) is 0.471. The van der Waals surface area contributed by atoms with Crippen LogP contribution in [0.4, 0.5) is 0 Å². The molecule has 1 heterocycles. The summed E-state index contributed by atoms with van der Waals surface area (Å²) in [6, 6.07) is 1.77. The fourth-order valence-corrected chi connectivity index (χ4v) is 3.67. The highest BCUT2D eigenvalue weighted by Crippen LogP contribution is 2.43. The summed E-state index contributed by atoms with van der Waals surface area (Å²) in [5.74, 6) is 0.346. The van der Waals surface area contributed by atoms with Gasteiger partial charge in [-0.1, -0.05) is 24.9 Å². The Kier molecular flexibility index (Phi) is 4.04. The van der Waals surface area contributed by atoms with Crippen LogP contribution in [0.5, 0.6) is 5.75 Å². The first-order valence-corrected chi connectivity index (χ1v) is 8.05. The van der Waals surface area contributed by atoms with Crippen LogP contribution in [-0.4, -0.2) is 16.2 Å². The molecule has 0 fully saturated rings. The van der Waals surface area contributed by atoms with Gasteiger partial charge in [0, 0.05) is 18.4 Å². The number of fused-ring (bicyclic) bond motifs is 3.